The van der Waals surface area contributed by atoms with Crippen molar-refractivity contribution in [1.29, 1.82) is 0 Å². The van der Waals surface area contributed by atoms with Crippen molar-refractivity contribution < 1.29 is 9.47 Å². The number of hydrogen-bond donors (Lipinski definition) is 1. The van der Waals surface area contributed by atoms with E-state index in [2.05, 4.69) is 20.8 Å². The van der Waals surface area contributed by atoms with Crippen molar-refractivity contribution in [2.45, 2.75) is 44.7 Å². The van der Waals surface area contributed by atoms with Crippen LogP contribution in [0.5, 0.6) is 17.5 Å². The van der Waals surface area contributed by atoms with Crippen molar-refractivity contribution >= 4 is 0 Å². The van der Waals surface area contributed by atoms with Crippen LogP contribution in [0, 0.1) is 0 Å². The number of rotatable bonds is 7. The van der Waals surface area contributed by atoms with Gasteiger partial charge < -0.3 is 14.8 Å². The van der Waals surface area contributed by atoms with Gasteiger partial charge in [-0.15, -0.1) is 0 Å². The molecule has 4 rings (SSSR count). The van der Waals surface area contributed by atoms with E-state index in [1.54, 1.807) is 11.8 Å². The largest absolute Gasteiger partial charge is 0.493 e. The zero-order chi connectivity index (χ0) is 19.2. The summed E-state index contributed by atoms with van der Waals surface area (Å²) in [6, 6.07) is 16.5. The summed E-state index contributed by atoms with van der Waals surface area (Å²) >= 11 is 0. The van der Waals surface area contributed by atoms with Crippen LogP contribution in [0.15, 0.2) is 48.5 Å². The Balaban J connectivity index is 1.47. The topological polar surface area (TPSA) is 74.1 Å². The molecule has 1 heterocycles. The van der Waals surface area contributed by atoms with Gasteiger partial charge in [0.25, 0.3) is 0 Å². The summed E-state index contributed by atoms with van der Waals surface area (Å²) < 4.78 is 13.1. The second kappa shape index (κ2) is 8.84. The molecule has 2 aromatic carbocycles. The average Bonchev–Trinajstić information content (AvgIpc) is 3.22. The molecule has 0 spiro atoms. The molecule has 0 amide bonds. The number of para-hydroxylation sites is 1. The van der Waals surface area contributed by atoms with Crippen molar-refractivity contribution in [3.05, 3.63) is 54.1 Å². The first-order valence-corrected chi connectivity index (χ1v) is 9.75. The van der Waals surface area contributed by atoms with Crippen LogP contribution in [0.2, 0.25) is 0 Å². The van der Waals surface area contributed by atoms with Crippen LogP contribution >= 0.6 is 0 Å². The van der Waals surface area contributed by atoms with Gasteiger partial charge in [0.15, 0.2) is 11.5 Å². The fourth-order valence-electron chi connectivity index (χ4n) is 3.55. The maximum atomic E-state index is 5.96. The third kappa shape index (κ3) is 4.31. The highest BCUT2D eigenvalue weighted by Crippen LogP contribution is 2.32. The molecule has 28 heavy (non-hydrogen) atoms. The second-order valence-electron chi connectivity index (χ2n) is 7.01. The van der Waals surface area contributed by atoms with E-state index in [-0.39, 0.29) is 6.01 Å². The Morgan fingerprint density at radius 3 is 2.64 bits per heavy atom. The summed E-state index contributed by atoms with van der Waals surface area (Å²) in [4.78, 5) is 0. The van der Waals surface area contributed by atoms with Gasteiger partial charge in [0.2, 0.25) is 0 Å². The lowest BCUT2D eigenvalue weighted by Gasteiger charge is -2.23. The number of benzene rings is 2. The number of nitrogens with one attached hydrogen (secondary N) is 1. The SMILES string of the molecule is COc1cc(CNC2CCCCC2)ccc1Oc1nnnn1-c1ccccc1. The Kier molecular flexibility index (Phi) is 5.82. The van der Waals surface area contributed by atoms with Crippen LogP contribution in [0.3, 0.4) is 0 Å². The zero-order valence-electron chi connectivity index (χ0n) is 16.0. The predicted molar refractivity (Wildman–Crippen MR) is 106 cm³/mol. The number of ether oxygens (including phenoxy) is 2. The quantitative estimate of drug-likeness (QED) is 0.671. The lowest BCUT2D eigenvalue weighted by atomic mass is 9.95. The normalized spacial score (nSPS) is 14.8. The molecule has 1 aromatic heterocycles. The van der Waals surface area contributed by atoms with Gasteiger partial charge in [0.1, 0.15) is 0 Å². The Bertz CT molecular complexity index is 891. The maximum absolute atomic E-state index is 5.96. The monoisotopic (exact) mass is 379 g/mol. The van der Waals surface area contributed by atoms with E-state index < -0.39 is 0 Å². The first-order valence-electron chi connectivity index (χ1n) is 9.75. The number of methoxy groups -OCH3 is 1. The van der Waals surface area contributed by atoms with Crippen LogP contribution in [0.1, 0.15) is 37.7 Å². The molecule has 1 aliphatic rings. The molecule has 146 valence electrons. The average molecular weight is 379 g/mol. The number of tetrazole rings is 1. The Morgan fingerprint density at radius 1 is 1.04 bits per heavy atom. The van der Waals surface area contributed by atoms with Gasteiger partial charge in [-0.1, -0.05) is 48.6 Å². The number of aromatic nitrogens is 4. The zero-order valence-corrected chi connectivity index (χ0v) is 16.0. The molecular weight excluding hydrogens is 354 g/mol. The van der Waals surface area contributed by atoms with Gasteiger partial charge in [0, 0.05) is 12.6 Å². The summed E-state index contributed by atoms with van der Waals surface area (Å²) in [5.41, 5.74) is 1.99. The van der Waals surface area contributed by atoms with E-state index in [0.717, 1.165) is 17.8 Å². The van der Waals surface area contributed by atoms with E-state index in [9.17, 15) is 0 Å². The van der Waals surface area contributed by atoms with Crippen LogP contribution in [0.4, 0.5) is 0 Å². The molecule has 0 saturated heterocycles. The minimum absolute atomic E-state index is 0.289. The Morgan fingerprint density at radius 2 is 1.86 bits per heavy atom. The Hall–Kier alpha value is -2.93. The number of nitrogens with zero attached hydrogens (tertiary/aromatic N) is 4. The first kappa shape index (κ1) is 18.4. The van der Waals surface area contributed by atoms with Crippen molar-refractivity contribution in [2.75, 3.05) is 7.11 Å². The van der Waals surface area contributed by atoms with Gasteiger partial charge >= 0.3 is 6.01 Å². The summed E-state index contributed by atoms with van der Waals surface area (Å²) in [6.07, 6.45) is 6.54. The molecule has 1 aliphatic carbocycles. The van der Waals surface area contributed by atoms with Crippen LogP contribution in [-0.4, -0.2) is 33.4 Å². The van der Waals surface area contributed by atoms with Crippen molar-refractivity contribution in [3.63, 3.8) is 0 Å². The van der Waals surface area contributed by atoms with Gasteiger partial charge in [-0.3, -0.25) is 0 Å². The third-order valence-electron chi connectivity index (χ3n) is 5.07. The van der Waals surface area contributed by atoms with E-state index in [1.807, 2.05) is 48.5 Å². The molecule has 0 unspecified atom stereocenters. The van der Waals surface area contributed by atoms with Gasteiger partial charge in [-0.05, 0) is 53.1 Å². The molecule has 3 aromatic rings. The molecule has 7 heteroatoms. The van der Waals surface area contributed by atoms with E-state index in [0.29, 0.717) is 17.5 Å². The maximum Gasteiger partial charge on any atom is 0.346 e. The van der Waals surface area contributed by atoms with Gasteiger partial charge in [-0.2, -0.15) is 4.68 Å². The molecule has 0 bridgehead atoms. The highest BCUT2D eigenvalue weighted by atomic mass is 16.5. The summed E-state index contributed by atoms with van der Waals surface area (Å²) in [5, 5.41) is 15.4. The molecule has 0 atom stereocenters. The summed E-state index contributed by atoms with van der Waals surface area (Å²) in [5.74, 6) is 1.24. The summed E-state index contributed by atoms with van der Waals surface area (Å²) in [7, 11) is 1.64. The molecule has 0 radical (unpaired) electrons. The first-order chi connectivity index (χ1) is 13.8. The van der Waals surface area contributed by atoms with Crippen molar-refractivity contribution in [3.8, 4) is 23.2 Å². The molecule has 0 aliphatic heterocycles. The minimum Gasteiger partial charge on any atom is -0.493 e. The lowest BCUT2D eigenvalue weighted by Crippen LogP contribution is -2.30. The highest BCUT2D eigenvalue weighted by Gasteiger charge is 2.15. The third-order valence-corrected chi connectivity index (χ3v) is 5.07. The van der Waals surface area contributed by atoms with E-state index >= 15 is 0 Å². The van der Waals surface area contributed by atoms with Crippen LogP contribution < -0.4 is 14.8 Å². The Labute approximate surface area is 164 Å². The van der Waals surface area contributed by atoms with E-state index in [4.69, 9.17) is 9.47 Å². The van der Waals surface area contributed by atoms with Gasteiger partial charge in [-0.25, -0.2) is 0 Å². The highest BCUT2D eigenvalue weighted by molar-refractivity contribution is 5.44. The number of hydrogen-bond acceptors (Lipinski definition) is 6. The molecule has 1 fully saturated rings. The van der Waals surface area contributed by atoms with Crippen molar-refractivity contribution in [2.24, 2.45) is 0 Å². The smallest absolute Gasteiger partial charge is 0.346 e. The summed E-state index contributed by atoms with van der Waals surface area (Å²) in [6.45, 7) is 0.822. The van der Waals surface area contributed by atoms with Crippen molar-refractivity contribution in [1.82, 2.24) is 25.5 Å². The fourth-order valence-corrected chi connectivity index (χ4v) is 3.55. The predicted octanol–water partition coefficient (Wildman–Crippen LogP) is 3.89. The van der Waals surface area contributed by atoms with Gasteiger partial charge in [0.05, 0.1) is 12.8 Å². The van der Waals surface area contributed by atoms with Crippen LogP contribution in [-0.2, 0) is 6.54 Å². The molecule has 7 nitrogen and oxygen atoms in total. The minimum atomic E-state index is 0.289. The molecule has 1 saturated carbocycles. The van der Waals surface area contributed by atoms with Crippen LogP contribution in [0.25, 0.3) is 5.69 Å². The molecular formula is C21H25N5O2. The lowest BCUT2D eigenvalue weighted by molar-refractivity contribution is 0.360. The van der Waals surface area contributed by atoms with E-state index in [1.165, 1.54) is 32.1 Å². The fraction of sp³-hybridized carbons (Fsp3) is 0.381. The standard InChI is InChI=1S/C21H25N5O2/c1-27-20-14-16(15-22-17-8-4-2-5-9-17)12-13-19(20)28-21-23-24-25-26(21)18-10-6-3-7-11-18/h3,6-7,10-14,17,22H,2,4-5,8-9,15H2,1H3. The second-order valence-corrected chi connectivity index (χ2v) is 7.01. The molecule has 1 N–H and O–H groups in total.